The number of rotatable bonds is 4. The van der Waals surface area contributed by atoms with Gasteiger partial charge in [-0.1, -0.05) is 24.3 Å². The second-order valence-corrected chi connectivity index (χ2v) is 7.48. The highest BCUT2D eigenvalue weighted by atomic mass is 19.4. The topological polar surface area (TPSA) is 83.7 Å². The van der Waals surface area contributed by atoms with Gasteiger partial charge in [0.05, 0.1) is 24.1 Å². The lowest BCUT2D eigenvalue weighted by Crippen LogP contribution is -2.44. The molecule has 1 aliphatic heterocycles. The second kappa shape index (κ2) is 8.37. The molecule has 0 fully saturated rings. The number of carbonyl (C=O) groups excluding carboxylic acids is 1. The van der Waals surface area contributed by atoms with Crippen LogP contribution in [-0.4, -0.2) is 45.6 Å². The number of alkyl halides is 3. The zero-order chi connectivity index (χ0) is 22.0. The number of urea groups is 1. The van der Waals surface area contributed by atoms with Crippen LogP contribution >= 0.6 is 0 Å². The first-order valence-electron chi connectivity index (χ1n) is 9.83. The molecule has 1 aliphatic carbocycles. The van der Waals surface area contributed by atoms with E-state index in [0.29, 0.717) is 12.1 Å². The monoisotopic (exact) mass is 430 g/mol. The number of fused-ring (bicyclic) bond motifs is 1. The van der Waals surface area contributed by atoms with Crippen LogP contribution in [0.25, 0.3) is 11.2 Å². The van der Waals surface area contributed by atoms with Gasteiger partial charge in [-0.3, -0.25) is 4.99 Å². The highest BCUT2D eigenvalue weighted by Crippen LogP contribution is 2.26. The zero-order valence-corrected chi connectivity index (χ0v) is 16.7. The molecule has 2 atom stereocenters. The number of halogens is 3. The molecule has 0 saturated carbocycles. The molecule has 7 nitrogen and oxygen atoms in total. The lowest BCUT2D eigenvalue weighted by atomic mass is 9.97. The summed E-state index contributed by atoms with van der Waals surface area (Å²) in [5, 5.41) is 8.88. The normalized spacial score (nSPS) is 21.0. The van der Waals surface area contributed by atoms with Crippen molar-refractivity contribution in [2.75, 3.05) is 6.54 Å². The molecule has 0 saturated heterocycles. The molecule has 162 valence electrons. The maximum atomic E-state index is 12.3. The highest BCUT2D eigenvalue weighted by Gasteiger charge is 2.28. The smallest absolute Gasteiger partial charge is 0.332 e. The fourth-order valence-corrected chi connectivity index (χ4v) is 3.48. The number of hydrogen-bond acceptors (Lipinski definition) is 4. The first kappa shape index (κ1) is 20.8. The summed E-state index contributed by atoms with van der Waals surface area (Å²) in [6, 6.07) is 0.661. The van der Waals surface area contributed by atoms with Gasteiger partial charge in [0.25, 0.3) is 0 Å². The third-order valence-corrected chi connectivity index (χ3v) is 5.07. The van der Waals surface area contributed by atoms with Crippen LogP contribution in [0.3, 0.4) is 0 Å². The minimum atomic E-state index is -4.45. The van der Waals surface area contributed by atoms with Crippen LogP contribution in [0.4, 0.5) is 18.0 Å². The van der Waals surface area contributed by atoms with Crippen LogP contribution in [-0.2, 0) is 0 Å². The Morgan fingerprint density at radius 1 is 1.29 bits per heavy atom. The number of nitrogens with one attached hydrogen (secondary N) is 2. The van der Waals surface area contributed by atoms with Crippen LogP contribution in [0.1, 0.15) is 36.9 Å². The van der Waals surface area contributed by atoms with Gasteiger partial charge in [-0.25, -0.2) is 14.3 Å². The quantitative estimate of drug-likeness (QED) is 0.775. The van der Waals surface area contributed by atoms with Gasteiger partial charge in [-0.15, -0.1) is 0 Å². The van der Waals surface area contributed by atoms with E-state index in [2.05, 4.69) is 26.5 Å². The van der Waals surface area contributed by atoms with Gasteiger partial charge in [0, 0.05) is 17.8 Å². The molecule has 0 radical (unpaired) electrons. The van der Waals surface area contributed by atoms with Gasteiger partial charge in [-0.2, -0.15) is 18.3 Å². The van der Waals surface area contributed by atoms with Gasteiger partial charge in [0.15, 0.2) is 5.65 Å². The minimum absolute atomic E-state index is 0.152. The Morgan fingerprint density at radius 2 is 2.13 bits per heavy atom. The van der Waals surface area contributed by atoms with Crippen LogP contribution in [0, 0.1) is 0 Å². The van der Waals surface area contributed by atoms with Crippen LogP contribution in [0.15, 0.2) is 53.5 Å². The molecule has 31 heavy (non-hydrogen) atoms. The van der Waals surface area contributed by atoms with Gasteiger partial charge in [-0.05, 0) is 37.0 Å². The van der Waals surface area contributed by atoms with Gasteiger partial charge < -0.3 is 10.6 Å². The van der Waals surface area contributed by atoms with E-state index in [0.717, 1.165) is 28.9 Å². The average molecular weight is 430 g/mol. The highest BCUT2D eigenvalue weighted by molar-refractivity contribution is 5.78. The molecule has 0 aromatic carbocycles. The largest absolute Gasteiger partial charge is 0.405 e. The van der Waals surface area contributed by atoms with E-state index in [-0.39, 0.29) is 5.92 Å². The van der Waals surface area contributed by atoms with Gasteiger partial charge >= 0.3 is 12.2 Å². The molecule has 2 N–H and O–H groups in total. The number of carbonyl (C=O) groups is 1. The van der Waals surface area contributed by atoms with Crippen molar-refractivity contribution >= 4 is 23.5 Å². The Bertz CT molecular complexity index is 1110. The summed E-state index contributed by atoms with van der Waals surface area (Å²) in [5.74, 6) is 0.152. The van der Waals surface area contributed by atoms with E-state index in [1.54, 1.807) is 23.0 Å². The number of hydrogen-bond donors (Lipinski definition) is 2. The van der Waals surface area contributed by atoms with E-state index >= 15 is 0 Å². The number of imidazole rings is 1. The maximum Gasteiger partial charge on any atom is 0.405 e. The molecule has 2 amide bonds. The molecule has 2 aromatic rings. The molecular weight excluding hydrogens is 409 g/mol. The molecular formula is C21H21F3N6O. The SMILES string of the molecule is CC1=CCC(c2cnn3c(C4=CC(NC(=O)NCC(F)(F)F)CC=C4)cnc3c2)C=N1. The molecule has 0 spiro atoms. The Morgan fingerprint density at radius 3 is 2.87 bits per heavy atom. The van der Waals surface area contributed by atoms with E-state index < -0.39 is 24.8 Å². The Kier molecular flexibility index (Phi) is 5.62. The fraction of sp³-hybridized carbons (Fsp3) is 0.333. The Balaban J connectivity index is 1.49. The van der Waals surface area contributed by atoms with Crippen molar-refractivity contribution < 1.29 is 18.0 Å². The summed E-state index contributed by atoms with van der Waals surface area (Å²) in [5.41, 5.74) is 4.20. The molecule has 10 heteroatoms. The van der Waals surface area contributed by atoms with Crippen LogP contribution in [0.5, 0.6) is 0 Å². The number of amides is 2. The summed E-state index contributed by atoms with van der Waals surface area (Å²) in [6.07, 6.45) is 9.88. The van der Waals surface area contributed by atoms with Crippen LogP contribution in [0.2, 0.25) is 0 Å². The number of allylic oxidation sites excluding steroid dienone is 4. The van der Waals surface area contributed by atoms with E-state index in [1.165, 1.54) is 0 Å². The molecule has 2 unspecified atom stereocenters. The Hall–Kier alpha value is -3.43. The van der Waals surface area contributed by atoms with E-state index in [4.69, 9.17) is 0 Å². The van der Waals surface area contributed by atoms with Crippen molar-refractivity contribution in [2.24, 2.45) is 4.99 Å². The number of aliphatic imine (C=N–C) groups is 1. The summed E-state index contributed by atoms with van der Waals surface area (Å²) in [6.45, 7) is 0.584. The third-order valence-electron chi connectivity index (χ3n) is 5.07. The van der Waals surface area contributed by atoms with Gasteiger partial charge in [0.1, 0.15) is 6.54 Å². The fourth-order valence-electron chi connectivity index (χ4n) is 3.48. The van der Waals surface area contributed by atoms with E-state index in [1.807, 2.05) is 36.7 Å². The summed E-state index contributed by atoms with van der Waals surface area (Å²) in [4.78, 5) is 20.6. The lowest BCUT2D eigenvalue weighted by molar-refractivity contribution is -0.122. The predicted molar refractivity (Wildman–Crippen MR) is 111 cm³/mol. The average Bonchev–Trinajstić information content (AvgIpc) is 3.16. The first-order chi connectivity index (χ1) is 14.8. The zero-order valence-electron chi connectivity index (χ0n) is 16.7. The third kappa shape index (κ3) is 5.01. The van der Waals surface area contributed by atoms with Crippen molar-refractivity contribution in [1.29, 1.82) is 0 Å². The van der Waals surface area contributed by atoms with Crippen molar-refractivity contribution in [3.8, 4) is 0 Å². The van der Waals surface area contributed by atoms with E-state index in [9.17, 15) is 18.0 Å². The van der Waals surface area contributed by atoms with Crippen molar-refractivity contribution in [3.63, 3.8) is 0 Å². The summed E-state index contributed by atoms with van der Waals surface area (Å²) >= 11 is 0. The summed E-state index contributed by atoms with van der Waals surface area (Å²) < 4.78 is 38.5. The van der Waals surface area contributed by atoms with Crippen molar-refractivity contribution in [1.82, 2.24) is 25.2 Å². The van der Waals surface area contributed by atoms with Crippen molar-refractivity contribution in [2.45, 2.75) is 37.9 Å². The molecule has 2 aromatic heterocycles. The lowest BCUT2D eigenvalue weighted by Gasteiger charge is -2.19. The number of aromatic nitrogens is 3. The molecule has 4 rings (SSSR count). The summed E-state index contributed by atoms with van der Waals surface area (Å²) in [7, 11) is 0. The minimum Gasteiger partial charge on any atom is -0.332 e. The number of nitrogens with zero attached hydrogens (tertiary/aromatic N) is 4. The molecule has 2 aliphatic rings. The molecule has 0 bridgehead atoms. The van der Waals surface area contributed by atoms with Gasteiger partial charge in [0.2, 0.25) is 0 Å². The Labute approximate surface area is 176 Å². The second-order valence-electron chi connectivity index (χ2n) is 7.48. The molecule has 3 heterocycles. The first-order valence-corrected chi connectivity index (χ1v) is 9.83. The maximum absolute atomic E-state index is 12.3. The van der Waals surface area contributed by atoms with Crippen molar-refractivity contribution in [3.05, 3.63) is 59.7 Å². The standard InChI is InChI=1S/C21H21F3N6O/c1-13-5-6-15(9-25-13)16-8-19-26-11-18(30(19)28-10-16)14-3-2-4-17(7-14)29-20(31)27-12-21(22,23)24/h2-3,5,7-11,15,17H,4,6,12H2,1H3,(H2,27,29,31). The van der Waals surface area contributed by atoms with Crippen LogP contribution < -0.4 is 10.6 Å². The predicted octanol–water partition coefficient (Wildman–Crippen LogP) is 3.76.